The Hall–Kier alpha value is -2.56. The first kappa shape index (κ1) is 14.8. The maximum Gasteiger partial charge on any atom is 0.356 e. The standard InChI is InChI=1S/C16H19N3O2/c1-3-19(11-12-4-6-13(17)7-5-12)14-8-9-18-15(10-14)16(20)21-2/h4-10H,3,11,17H2,1-2H3. The van der Waals surface area contributed by atoms with E-state index >= 15 is 0 Å². The summed E-state index contributed by atoms with van der Waals surface area (Å²) in [6.07, 6.45) is 1.62. The third kappa shape index (κ3) is 3.72. The van der Waals surface area contributed by atoms with Crippen molar-refractivity contribution < 1.29 is 9.53 Å². The van der Waals surface area contributed by atoms with E-state index in [1.165, 1.54) is 7.11 Å². The summed E-state index contributed by atoms with van der Waals surface area (Å²) in [5.41, 5.74) is 8.85. The van der Waals surface area contributed by atoms with Gasteiger partial charge in [0.05, 0.1) is 7.11 Å². The van der Waals surface area contributed by atoms with Crippen molar-refractivity contribution in [2.24, 2.45) is 0 Å². The number of nitrogen functional groups attached to an aromatic ring is 1. The first-order chi connectivity index (χ1) is 10.1. The number of anilines is 2. The number of esters is 1. The lowest BCUT2D eigenvalue weighted by Crippen LogP contribution is -2.22. The molecule has 0 saturated heterocycles. The van der Waals surface area contributed by atoms with Gasteiger partial charge < -0.3 is 15.4 Å². The summed E-state index contributed by atoms with van der Waals surface area (Å²) in [6, 6.07) is 11.4. The van der Waals surface area contributed by atoms with Crippen molar-refractivity contribution in [3.05, 3.63) is 53.9 Å². The number of hydrogen-bond acceptors (Lipinski definition) is 5. The summed E-state index contributed by atoms with van der Waals surface area (Å²) >= 11 is 0. The maximum atomic E-state index is 11.6. The second-order valence-electron chi connectivity index (χ2n) is 4.65. The molecule has 0 aliphatic heterocycles. The molecule has 0 radical (unpaired) electrons. The van der Waals surface area contributed by atoms with Crippen LogP contribution in [0, 0.1) is 0 Å². The predicted octanol–water partition coefficient (Wildman–Crippen LogP) is 2.48. The molecule has 5 nitrogen and oxygen atoms in total. The number of nitrogens with two attached hydrogens (primary N) is 1. The monoisotopic (exact) mass is 285 g/mol. The van der Waals surface area contributed by atoms with Crippen molar-refractivity contribution >= 4 is 17.3 Å². The molecule has 0 spiro atoms. The first-order valence-corrected chi connectivity index (χ1v) is 6.77. The molecule has 0 aliphatic rings. The highest BCUT2D eigenvalue weighted by Crippen LogP contribution is 2.18. The Kier molecular flexibility index (Phi) is 4.77. The van der Waals surface area contributed by atoms with Crippen molar-refractivity contribution in [3.63, 3.8) is 0 Å². The van der Waals surface area contributed by atoms with Gasteiger partial charge in [-0.05, 0) is 36.8 Å². The quantitative estimate of drug-likeness (QED) is 0.675. The molecule has 0 fully saturated rings. The number of hydrogen-bond donors (Lipinski definition) is 1. The number of ether oxygens (including phenoxy) is 1. The average molecular weight is 285 g/mol. The smallest absolute Gasteiger partial charge is 0.356 e. The van der Waals surface area contributed by atoms with E-state index in [9.17, 15) is 4.79 Å². The van der Waals surface area contributed by atoms with Gasteiger partial charge >= 0.3 is 5.97 Å². The molecule has 1 heterocycles. The second-order valence-corrected chi connectivity index (χ2v) is 4.65. The van der Waals surface area contributed by atoms with Crippen LogP contribution in [0.5, 0.6) is 0 Å². The van der Waals surface area contributed by atoms with Gasteiger partial charge in [-0.25, -0.2) is 9.78 Å². The summed E-state index contributed by atoms with van der Waals surface area (Å²) < 4.78 is 4.70. The van der Waals surface area contributed by atoms with Crippen molar-refractivity contribution in [1.29, 1.82) is 0 Å². The SMILES string of the molecule is CCN(Cc1ccc(N)cc1)c1ccnc(C(=O)OC)c1. The van der Waals surface area contributed by atoms with Crippen molar-refractivity contribution in [1.82, 2.24) is 4.98 Å². The number of carbonyl (C=O) groups is 1. The lowest BCUT2D eigenvalue weighted by Gasteiger charge is -2.23. The Bertz CT molecular complexity index is 611. The number of carbonyl (C=O) groups excluding carboxylic acids is 1. The van der Waals surface area contributed by atoms with Crippen molar-refractivity contribution in [2.45, 2.75) is 13.5 Å². The zero-order valence-electron chi connectivity index (χ0n) is 12.2. The van der Waals surface area contributed by atoms with Crippen LogP contribution >= 0.6 is 0 Å². The molecule has 5 heteroatoms. The number of nitrogens with zero attached hydrogens (tertiary/aromatic N) is 2. The minimum absolute atomic E-state index is 0.311. The molecule has 110 valence electrons. The molecule has 0 atom stereocenters. The number of rotatable bonds is 5. The van der Waals surface area contributed by atoms with E-state index in [1.807, 2.05) is 30.3 Å². The predicted molar refractivity (Wildman–Crippen MR) is 83.2 cm³/mol. The lowest BCUT2D eigenvalue weighted by molar-refractivity contribution is 0.0594. The zero-order valence-corrected chi connectivity index (χ0v) is 12.2. The van der Waals surface area contributed by atoms with Gasteiger partial charge in [0.25, 0.3) is 0 Å². The van der Waals surface area contributed by atoms with Crippen LogP contribution in [0.2, 0.25) is 0 Å². The Morgan fingerprint density at radius 3 is 2.62 bits per heavy atom. The number of aromatic nitrogens is 1. The number of methoxy groups -OCH3 is 1. The third-order valence-corrected chi connectivity index (χ3v) is 3.24. The number of benzene rings is 1. The van der Waals surface area contributed by atoms with Crippen LogP contribution in [0.4, 0.5) is 11.4 Å². The van der Waals surface area contributed by atoms with Gasteiger partial charge in [-0.15, -0.1) is 0 Å². The van der Waals surface area contributed by atoms with Crippen LogP contribution < -0.4 is 10.6 Å². The van der Waals surface area contributed by atoms with Gasteiger partial charge in [0.1, 0.15) is 5.69 Å². The Balaban J connectivity index is 2.20. The fraction of sp³-hybridized carbons (Fsp3) is 0.250. The van der Waals surface area contributed by atoms with Crippen LogP contribution in [0.1, 0.15) is 23.0 Å². The third-order valence-electron chi connectivity index (χ3n) is 3.24. The lowest BCUT2D eigenvalue weighted by atomic mass is 10.2. The highest BCUT2D eigenvalue weighted by molar-refractivity contribution is 5.88. The summed E-state index contributed by atoms with van der Waals surface area (Å²) in [4.78, 5) is 17.7. The molecule has 21 heavy (non-hydrogen) atoms. The molecule has 1 aromatic carbocycles. The molecule has 1 aromatic heterocycles. The van der Waals surface area contributed by atoms with E-state index in [1.54, 1.807) is 12.3 Å². The van der Waals surface area contributed by atoms with E-state index in [2.05, 4.69) is 16.8 Å². The van der Waals surface area contributed by atoms with Crippen LogP contribution in [-0.4, -0.2) is 24.6 Å². The Morgan fingerprint density at radius 1 is 1.29 bits per heavy atom. The molecule has 0 aliphatic carbocycles. The summed E-state index contributed by atoms with van der Waals surface area (Å²) in [5, 5.41) is 0. The average Bonchev–Trinajstić information content (AvgIpc) is 2.53. The Morgan fingerprint density at radius 2 is 2.00 bits per heavy atom. The molecular weight excluding hydrogens is 266 g/mol. The van der Waals surface area contributed by atoms with E-state index < -0.39 is 5.97 Å². The minimum Gasteiger partial charge on any atom is -0.464 e. The second kappa shape index (κ2) is 6.74. The topological polar surface area (TPSA) is 68.5 Å². The molecule has 2 rings (SSSR count). The van der Waals surface area contributed by atoms with Crippen molar-refractivity contribution in [3.8, 4) is 0 Å². The van der Waals surface area contributed by atoms with Gasteiger partial charge in [-0.3, -0.25) is 0 Å². The first-order valence-electron chi connectivity index (χ1n) is 6.77. The van der Waals surface area contributed by atoms with E-state index in [-0.39, 0.29) is 0 Å². The van der Waals surface area contributed by atoms with Gasteiger partial charge in [0.15, 0.2) is 0 Å². The fourth-order valence-corrected chi connectivity index (χ4v) is 2.06. The summed E-state index contributed by atoms with van der Waals surface area (Å²) in [6.45, 7) is 3.62. The van der Waals surface area contributed by atoms with Crippen LogP contribution in [0.25, 0.3) is 0 Å². The fourth-order valence-electron chi connectivity index (χ4n) is 2.06. The largest absolute Gasteiger partial charge is 0.464 e. The van der Waals surface area contributed by atoms with E-state index in [0.717, 1.165) is 30.0 Å². The van der Waals surface area contributed by atoms with Gasteiger partial charge in [0.2, 0.25) is 0 Å². The maximum absolute atomic E-state index is 11.6. The highest BCUT2D eigenvalue weighted by atomic mass is 16.5. The van der Waals surface area contributed by atoms with Crippen LogP contribution in [0.15, 0.2) is 42.6 Å². The van der Waals surface area contributed by atoms with Gasteiger partial charge in [-0.2, -0.15) is 0 Å². The minimum atomic E-state index is -0.430. The molecule has 0 bridgehead atoms. The Labute approximate surface area is 124 Å². The number of pyridine rings is 1. The normalized spacial score (nSPS) is 10.2. The molecular formula is C16H19N3O2. The van der Waals surface area contributed by atoms with Gasteiger partial charge in [-0.1, -0.05) is 12.1 Å². The molecule has 0 unspecified atom stereocenters. The van der Waals surface area contributed by atoms with Gasteiger partial charge in [0, 0.05) is 30.7 Å². The summed E-state index contributed by atoms with van der Waals surface area (Å²) in [5.74, 6) is -0.430. The highest BCUT2D eigenvalue weighted by Gasteiger charge is 2.11. The molecule has 0 saturated carbocycles. The molecule has 2 N–H and O–H groups in total. The zero-order chi connectivity index (χ0) is 15.2. The van der Waals surface area contributed by atoms with E-state index in [4.69, 9.17) is 10.5 Å². The van der Waals surface area contributed by atoms with E-state index in [0.29, 0.717) is 5.69 Å². The summed E-state index contributed by atoms with van der Waals surface area (Å²) in [7, 11) is 1.35. The van der Waals surface area contributed by atoms with Crippen LogP contribution in [0.3, 0.4) is 0 Å². The molecule has 2 aromatic rings. The molecule has 0 amide bonds. The van der Waals surface area contributed by atoms with Crippen LogP contribution in [-0.2, 0) is 11.3 Å². The van der Waals surface area contributed by atoms with Crippen molar-refractivity contribution in [2.75, 3.05) is 24.3 Å².